The summed E-state index contributed by atoms with van der Waals surface area (Å²) in [5.41, 5.74) is 3.50. The number of fused-ring (bicyclic) bond motifs is 1. The summed E-state index contributed by atoms with van der Waals surface area (Å²) in [5.74, 6) is 0.0708. The van der Waals surface area contributed by atoms with Crippen molar-refractivity contribution in [2.75, 3.05) is 0 Å². The van der Waals surface area contributed by atoms with E-state index in [1.165, 1.54) is 0 Å². The SMILES string of the molecule is C=CCC1=NC(=C(CCCCC)c2c[nH]c3ccccc23)C(=O)O1. The van der Waals surface area contributed by atoms with Crippen LogP contribution in [0.1, 0.15) is 44.6 Å². The lowest BCUT2D eigenvalue weighted by atomic mass is 9.97. The zero-order valence-corrected chi connectivity index (χ0v) is 14.0. The highest BCUT2D eigenvalue weighted by atomic mass is 16.6. The number of esters is 1. The molecule has 3 rings (SSSR count). The van der Waals surface area contributed by atoms with Crippen molar-refractivity contribution in [3.8, 4) is 0 Å². The Kier molecular flexibility index (Phi) is 4.94. The first-order valence-corrected chi connectivity index (χ1v) is 8.44. The summed E-state index contributed by atoms with van der Waals surface area (Å²) in [5, 5.41) is 1.11. The lowest BCUT2D eigenvalue weighted by Gasteiger charge is -2.08. The Hall–Kier alpha value is -2.62. The third-order valence-electron chi connectivity index (χ3n) is 4.19. The van der Waals surface area contributed by atoms with E-state index in [0.717, 1.165) is 47.7 Å². The van der Waals surface area contributed by atoms with Gasteiger partial charge in [-0.3, -0.25) is 0 Å². The van der Waals surface area contributed by atoms with E-state index in [9.17, 15) is 4.79 Å². The van der Waals surface area contributed by atoms with E-state index in [0.29, 0.717) is 18.0 Å². The predicted molar refractivity (Wildman–Crippen MR) is 97.7 cm³/mol. The molecule has 0 atom stereocenters. The number of carbonyl (C=O) groups excluding carboxylic acids is 1. The lowest BCUT2D eigenvalue weighted by Crippen LogP contribution is -2.04. The number of allylic oxidation sites excluding steroid dienone is 1. The number of para-hydroxylation sites is 1. The normalized spacial score (nSPS) is 16.2. The molecule has 4 heteroatoms. The van der Waals surface area contributed by atoms with E-state index in [4.69, 9.17) is 4.74 Å². The van der Waals surface area contributed by atoms with Crippen molar-refractivity contribution in [3.05, 3.63) is 54.4 Å². The predicted octanol–water partition coefficient (Wildman–Crippen LogP) is 4.99. The van der Waals surface area contributed by atoms with Crippen LogP contribution in [0.4, 0.5) is 0 Å². The highest BCUT2D eigenvalue weighted by Gasteiger charge is 2.27. The van der Waals surface area contributed by atoms with Crippen LogP contribution in [-0.2, 0) is 9.53 Å². The van der Waals surface area contributed by atoms with Crippen molar-refractivity contribution in [3.63, 3.8) is 0 Å². The molecule has 0 unspecified atom stereocenters. The van der Waals surface area contributed by atoms with Gasteiger partial charge in [-0.1, -0.05) is 44.0 Å². The summed E-state index contributed by atoms with van der Waals surface area (Å²) < 4.78 is 5.28. The second kappa shape index (κ2) is 7.30. The molecule has 1 aliphatic rings. The van der Waals surface area contributed by atoms with Crippen LogP contribution in [0.3, 0.4) is 0 Å². The molecule has 2 aromatic rings. The highest BCUT2D eigenvalue weighted by Crippen LogP contribution is 2.33. The number of hydrogen-bond acceptors (Lipinski definition) is 3. The molecular formula is C20H22N2O2. The average Bonchev–Trinajstić information content (AvgIpc) is 3.16. The van der Waals surface area contributed by atoms with Crippen molar-refractivity contribution < 1.29 is 9.53 Å². The van der Waals surface area contributed by atoms with Gasteiger partial charge < -0.3 is 9.72 Å². The Morgan fingerprint density at radius 1 is 1.33 bits per heavy atom. The number of hydrogen-bond donors (Lipinski definition) is 1. The van der Waals surface area contributed by atoms with E-state index in [1.807, 2.05) is 24.4 Å². The highest BCUT2D eigenvalue weighted by molar-refractivity contribution is 6.11. The van der Waals surface area contributed by atoms with Crippen molar-refractivity contribution in [2.24, 2.45) is 4.99 Å². The zero-order valence-electron chi connectivity index (χ0n) is 14.0. The zero-order chi connectivity index (χ0) is 16.9. The van der Waals surface area contributed by atoms with Crippen molar-refractivity contribution in [1.82, 2.24) is 4.98 Å². The van der Waals surface area contributed by atoms with Crippen LogP contribution in [0, 0.1) is 0 Å². The molecule has 0 saturated carbocycles. The molecule has 124 valence electrons. The summed E-state index contributed by atoms with van der Waals surface area (Å²) >= 11 is 0. The minimum absolute atomic E-state index is 0.358. The van der Waals surface area contributed by atoms with Gasteiger partial charge >= 0.3 is 5.97 Å². The standard InChI is InChI=1S/C20H22N2O2/c1-3-5-6-11-15(19-20(23)24-18(22-19)9-4-2)16-13-21-17-12-8-7-10-14(16)17/h4,7-8,10,12-13,21H,2-3,5-6,9,11H2,1H3. The second-order valence-electron chi connectivity index (χ2n) is 5.92. The smallest absolute Gasteiger partial charge is 0.363 e. The Balaban J connectivity index is 2.08. The number of H-pyrrole nitrogens is 1. The molecule has 1 aliphatic heterocycles. The fourth-order valence-corrected chi connectivity index (χ4v) is 3.00. The summed E-state index contributed by atoms with van der Waals surface area (Å²) in [6.07, 6.45) is 8.21. The molecule has 0 saturated heterocycles. The van der Waals surface area contributed by atoms with Crippen LogP contribution < -0.4 is 0 Å². The monoisotopic (exact) mass is 322 g/mol. The third-order valence-corrected chi connectivity index (χ3v) is 4.19. The number of aromatic amines is 1. The first kappa shape index (κ1) is 16.2. The number of unbranched alkanes of at least 4 members (excludes halogenated alkanes) is 2. The molecule has 0 spiro atoms. The molecule has 0 bridgehead atoms. The van der Waals surface area contributed by atoms with Crippen molar-refractivity contribution in [2.45, 2.75) is 39.0 Å². The molecule has 1 N–H and O–H groups in total. The summed E-state index contributed by atoms with van der Waals surface area (Å²) in [4.78, 5) is 20.0. The molecule has 1 aromatic heterocycles. The molecule has 0 amide bonds. The van der Waals surface area contributed by atoms with Crippen molar-refractivity contribution in [1.29, 1.82) is 0 Å². The van der Waals surface area contributed by atoms with Crippen molar-refractivity contribution >= 4 is 28.3 Å². The quantitative estimate of drug-likeness (QED) is 0.338. The number of aliphatic imine (C=N–C) groups is 1. The van der Waals surface area contributed by atoms with Crippen LogP contribution in [0.2, 0.25) is 0 Å². The number of carbonyl (C=O) groups is 1. The maximum atomic E-state index is 12.3. The number of benzene rings is 1. The largest absolute Gasteiger partial charge is 0.406 e. The van der Waals surface area contributed by atoms with Gasteiger partial charge in [-0.15, -0.1) is 6.58 Å². The third kappa shape index (κ3) is 3.18. The molecule has 1 aromatic carbocycles. The number of nitrogens with zero attached hydrogens (tertiary/aromatic N) is 1. The first-order chi connectivity index (χ1) is 11.7. The van der Waals surface area contributed by atoms with Gasteiger partial charge in [0.2, 0.25) is 5.90 Å². The van der Waals surface area contributed by atoms with Gasteiger partial charge in [0.05, 0.1) is 0 Å². The number of nitrogens with one attached hydrogen (secondary N) is 1. The molecule has 4 nitrogen and oxygen atoms in total. The number of rotatable bonds is 7. The van der Waals surface area contributed by atoms with Crippen LogP contribution >= 0.6 is 0 Å². The van der Waals surface area contributed by atoms with Gasteiger partial charge in [0, 0.05) is 29.1 Å². The van der Waals surface area contributed by atoms with E-state index in [2.05, 4.69) is 29.5 Å². The first-order valence-electron chi connectivity index (χ1n) is 8.44. The lowest BCUT2D eigenvalue weighted by molar-refractivity contribution is -0.130. The van der Waals surface area contributed by atoms with Gasteiger partial charge in [0.25, 0.3) is 0 Å². The number of cyclic esters (lactones) is 1. The fraction of sp³-hybridized carbons (Fsp3) is 0.300. The Labute approximate surface area is 141 Å². The Morgan fingerprint density at radius 2 is 2.17 bits per heavy atom. The van der Waals surface area contributed by atoms with Gasteiger partial charge in [-0.2, -0.15) is 0 Å². The molecule has 0 fully saturated rings. The minimum Gasteiger partial charge on any atom is -0.406 e. The van der Waals surface area contributed by atoms with Crippen LogP contribution in [0.15, 0.2) is 53.8 Å². The van der Waals surface area contributed by atoms with E-state index < -0.39 is 0 Å². The molecule has 0 radical (unpaired) electrons. The Bertz CT molecular complexity index is 827. The maximum Gasteiger partial charge on any atom is 0.363 e. The van der Waals surface area contributed by atoms with Crippen LogP contribution in [0.25, 0.3) is 16.5 Å². The van der Waals surface area contributed by atoms with Crippen LogP contribution in [0.5, 0.6) is 0 Å². The number of ether oxygens (including phenoxy) is 1. The summed E-state index contributed by atoms with van der Waals surface area (Å²) in [7, 11) is 0. The number of aromatic nitrogens is 1. The van der Waals surface area contributed by atoms with Gasteiger partial charge in [-0.25, -0.2) is 9.79 Å². The van der Waals surface area contributed by atoms with Gasteiger partial charge in [-0.05, 0) is 24.5 Å². The molecule has 0 aliphatic carbocycles. The van der Waals surface area contributed by atoms with E-state index in [-0.39, 0.29) is 5.97 Å². The molecular weight excluding hydrogens is 300 g/mol. The maximum absolute atomic E-state index is 12.3. The van der Waals surface area contributed by atoms with Gasteiger partial charge in [0.1, 0.15) is 0 Å². The Morgan fingerprint density at radius 3 is 2.96 bits per heavy atom. The van der Waals surface area contributed by atoms with E-state index >= 15 is 0 Å². The average molecular weight is 322 g/mol. The molecule has 24 heavy (non-hydrogen) atoms. The summed E-state index contributed by atoms with van der Waals surface area (Å²) in [6, 6.07) is 8.10. The fourth-order valence-electron chi connectivity index (χ4n) is 3.00. The topological polar surface area (TPSA) is 54.5 Å². The second-order valence-corrected chi connectivity index (χ2v) is 5.92. The van der Waals surface area contributed by atoms with E-state index in [1.54, 1.807) is 6.08 Å². The van der Waals surface area contributed by atoms with Crippen LogP contribution in [-0.4, -0.2) is 16.9 Å². The summed E-state index contributed by atoms with van der Waals surface area (Å²) in [6.45, 7) is 5.85. The molecule has 2 heterocycles. The van der Waals surface area contributed by atoms with Gasteiger partial charge in [0.15, 0.2) is 5.70 Å². The minimum atomic E-state index is -0.358.